The van der Waals surface area contributed by atoms with Crippen LogP contribution in [0, 0.1) is 5.92 Å². The first-order valence-electron chi connectivity index (χ1n) is 6.61. The van der Waals surface area contributed by atoms with Gasteiger partial charge >= 0.3 is 0 Å². The van der Waals surface area contributed by atoms with Crippen LogP contribution >= 0.6 is 23.2 Å². The molecule has 0 spiro atoms. The Balaban J connectivity index is 1.81. The molecule has 1 fully saturated rings. The zero-order valence-corrected chi connectivity index (χ0v) is 12.2. The quantitative estimate of drug-likeness (QED) is 0.890. The summed E-state index contributed by atoms with van der Waals surface area (Å²) < 4.78 is 0. The highest BCUT2D eigenvalue weighted by Crippen LogP contribution is 2.26. The van der Waals surface area contributed by atoms with Crippen LogP contribution in [-0.2, 0) is 4.79 Å². The number of hydrogen-bond donors (Lipinski definition) is 2. The second-order valence-corrected chi connectivity index (χ2v) is 5.77. The van der Waals surface area contributed by atoms with E-state index in [1.807, 2.05) is 0 Å². The smallest absolute Gasteiger partial charge is 0.224 e. The number of piperidine rings is 1. The fraction of sp³-hybridized carbons (Fsp3) is 0.500. The van der Waals surface area contributed by atoms with Crippen LogP contribution in [0.4, 0.5) is 5.69 Å². The number of rotatable bonds is 4. The summed E-state index contributed by atoms with van der Waals surface area (Å²) in [4.78, 5) is 11.9. The summed E-state index contributed by atoms with van der Waals surface area (Å²) in [5.74, 6) is 0.601. The Bertz CT molecular complexity index is 445. The molecule has 1 amide bonds. The van der Waals surface area contributed by atoms with E-state index < -0.39 is 0 Å². The van der Waals surface area contributed by atoms with Gasteiger partial charge < -0.3 is 10.6 Å². The summed E-state index contributed by atoms with van der Waals surface area (Å²) in [6.07, 6.45) is 3.84. The van der Waals surface area contributed by atoms with Gasteiger partial charge in [0, 0.05) is 11.4 Å². The molecular weight excluding hydrogens is 283 g/mol. The van der Waals surface area contributed by atoms with E-state index in [-0.39, 0.29) is 5.91 Å². The molecular formula is C14H18Cl2N2O. The average Bonchev–Trinajstić information content (AvgIpc) is 2.42. The fourth-order valence-corrected chi connectivity index (χ4v) is 2.65. The highest BCUT2D eigenvalue weighted by molar-refractivity contribution is 6.35. The van der Waals surface area contributed by atoms with Crippen LogP contribution in [0.1, 0.15) is 25.7 Å². The van der Waals surface area contributed by atoms with Crippen molar-refractivity contribution in [2.24, 2.45) is 5.92 Å². The lowest BCUT2D eigenvalue weighted by Gasteiger charge is -2.22. The van der Waals surface area contributed by atoms with E-state index in [1.165, 1.54) is 12.8 Å². The van der Waals surface area contributed by atoms with Gasteiger partial charge in [-0.25, -0.2) is 0 Å². The molecule has 1 atom stereocenters. The van der Waals surface area contributed by atoms with Crippen molar-refractivity contribution in [3.63, 3.8) is 0 Å². The third kappa shape index (κ3) is 4.68. The van der Waals surface area contributed by atoms with Crippen LogP contribution in [0.3, 0.4) is 0 Å². The molecule has 0 aromatic heterocycles. The number of carbonyl (C=O) groups is 1. The average molecular weight is 301 g/mol. The van der Waals surface area contributed by atoms with Crippen LogP contribution in [-0.4, -0.2) is 19.0 Å². The molecule has 0 aliphatic carbocycles. The summed E-state index contributed by atoms with van der Waals surface area (Å²) in [6, 6.07) is 5.06. The Labute approximate surface area is 123 Å². The molecule has 19 heavy (non-hydrogen) atoms. The Morgan fingerprint density at radius 3 is 3.00 bits per heavy atom. The first-order valence-corrected chi connectivity index (χ1v) is 7.36. The standard InChI is InChI=1S/C14H18Cl2N2O/c15-11-4-5-12(16)13(8-11)18-14(19)6-3-10-2-1-7-17-9-10/h4-5,8,10,17H,1-3,6-7,9H2,(H,18,19). The molecule has 2 rings (SSSR count). The normalized spacial score (nSPS) is 19.2. The van der Waals surface area contributed by atoms with Crippen LogP contribution in [0.5, 0.6) is 0 Å². The summed E-state index contributed by atoms with van der Waals surface area (Å²) in [5, 5.41) is 7.25. The number of amides is 1. The Hall–Kier alpha value is -0.770. The van der Waals surface area contributed by atoms with Gasteiger partial charge in [-0.2, -0.15) is 0 Å². The maximum absolute atomic E-state index is 11.9. The van der Waals surface area contributed by atoms with E-state index in [0.717, 1.165) is 19.5 Å². The predicted octanol–water partition coefficient (Wildman–Crippen LogP) is 3.71. The van der Waals surface area contributed by atoms with E-state index in [0.29, 0.717) is 28.1 Å². The van der Waals surface area contributed by atoms with Crippen LogP contribution in [0.2, 0.25) is 10.0 Å². The second kappa shape index (κ2) is 7.13. The van der Waals surface area contributed by atoms with Crippen molar-refractivity contribution < 1.29 is 4.79 Å². The third-order valence-corrected chi connectivity index (χ3v) is 3.95. The maximum atomic E-state index is 11.9. The van der Waals surface area contributed by atoms with Gasteiger partial charge in [-0.05, 0) is 56.5 Å². The zero-order valence-electron chi connectivity index (χ0n) is 10.7. The van der Waals surface area contributed by atoms with Crippen molar-refractivity contribution in [2.45, 2.75) is 25.7 Å². The highest BCUT2D eigenvalue weighted by Gasteiger charge is 2.15. The largest absolute Gasteiger partial charge is 0.325 e. The summed E-state index contributed by atoms with van der Waals surface area (Å²) in [5.41, 5.74) is 0.584. The van der Waals surface area contributed by atoms with Crippen LogP contribution in [0.25, 0.3) is 0 Å². The lowest BCUT2D eigenvalue weighted by molar-refractivity contribution is -0.116. The summed E-state index contributed by atoms with van der Waals surface area (Å²) in [6.45, 7) is 2.12. The minimum absolute atomic E-state index is 0.00487. The molecule has 0 saturated carbocycles. The maximum Gasteiger partial charge on any atom is 0.224 e. The van der Waals surface area contributed by atoms with Crippen LogP contribution < -0.4 is 10.6 Å². The van der Waals surface area contributed by atoms with Gasteiger partial charge in [0.15, 0.2) is 0 Å². The third-order valence-electron chi connectivity index (χ3n) is 3.38. The topological polar surface area (TPSA) is 41.1 Å². The molecule has 1 aromatic carbocycles. The van der Waals surface area contributed by atoms with E-state index >= 15 is 0 Å². The molecule has 104 valence electrons. The molecule has 1 saturated heterocycles. The molecule has 1 aromatic rings. The summed E-state index contributed by atoms with van der Waals surface area (Å²) in [7, 11) is 0. The first-order chi connectivity index (χ1) is 9.15. The predicted molar refractivity (Wildman–Crippen MR) is 79.9 cm³/mol. The molecule has 5 heteroatoms. The molecule has 1 heterocycles. The Morgan fingerprint density at radius 1 is 1.42 bits per heavy atom. The monoisotopic (exact) mass is 300 g/mol. The number of benzene rings is 1. The first kappa shape index (κ1) is 14.6. The molecule has 1 aliphatic rings. The lowest BCUT2D eigenvalue weighted by atomic mass is 9.94. The molecule has 0 radical (unpaired) electrons. The minimum atomic E-state index is -0.00487. The van der Waals surface area contributed by atoms with Gasteiger partial charge in [-0.15, -0.1) is 0 Å². The fourth-order valence-electron chi connectivity index (χ4n) is 2.31. The van der Waals surface area contributed by atoms with Gasteiger partial charge in [0.2, 0.25) is 5.91 Å². The number of halogens is 2. The SMILES string of the molecule is O=C(CCC1CCCNC1)Nc1cc(Cl)ccc1Cl. The van der Waals surface area contributed by atoms with Crippen molar-refractivity contribution in [1.29, 1.82) is 0 Å². The van der Waals surface area contributed by atoms with Gasteiger partial charge in [0.05, 0.1) is 10.7 Å². The number of anilines is 1. The summed E-state index contributed by atoms with van der Waals surface area (Å²) >= 11 is 11.9. The van der Waals surface area contributed by atoms with Crippen molar-refractivity contribution in [1.82, 2.24) is 5.32 Å². The molecule has 1 aliphatic heterocycles. The number of carbonyl (C=O) groups excluding carboxylic acids is 1. The molecule has 2 N–H and O–H groups in total. The lowest BCUT2D eigenvalue weighted by Crippen LogP contribution is -2.30. The molecule has 0 bridgehead atoms. The Kier molecular flexibility index (Phi) is 5.49. The highest BCUT2D eigenvalue weighted by atomic mass is 35.5. The van der Waals surface area contributed by atoms with Gasteiger partial charge in [0.1, 0.15) is 0 Å². The van der Waals surface area contributed by atoms with Crippen molar-refractivity contribution in [3.8, 4) is 0 Å². The molecule has 3 nitrogen and oxygen atoms in total. The number of nitrogens with one attached hydrogen (secondary N) is 2. The van der Waals surface area contributed by atoms with Gasteiger partial charge in [-0.1, -0.05) is 23.2 Å². The van der Waals surface area contributed by atoms with Crippen LogP contribution in [0.15, 0.2) is 18.2 Å². The Morgan fingerprint density at radius 2 is 2.26 bits per heavy atom. The van der Waals surface area contributed by atoms with Crippen molar-refractivity contribution in [2.75, 3.05) is 18.4 Å². The van der Waals surface area contributed by atoms with Crippen molar-refractivity contribution >= 4 is 34.8 Å². The van der Waals surface area contributed by atoms with E-state index in [9.17, 15) is 4.79 Å². The van der Waals surface area contributed by atoms with Gasteiger partial charge in [0.25, 0.3) is 0 Å². The van der Waals surface area contributed by atoms with E-state index in [1.54, 1.807) is 18.2 Å². The second-order valence-electron chi connectivity index (χ2n) is 4.92. The number of hydrogen-bond acceptors (Lipinski definition) is 2. The zero-order chi connectivity index (χ0) is 13.7. The van der Waals surface area contributed by atoms with E-state index in [4.69, 9.17) is 23.2 Å². The minimum Gasteiger partial charge on any atom is -0.325 e. The van der Waals surface area contributed by atoms with Crippen molar-refractivity contribution in [3.05, 3.63) is 28.2 Å². The van der Waals surface area contributed by atoms with E-state index in [2.05, 4.69) is 10.6 Å². The van der Waals surface area contributed by atoms with Gasteiger partial charge in [-0.3, -0.25) is 4.79 Å². The molecule has 1 unspecified atom stereocenters.